The van der Waals surface area contributed by atoms with Gasteiger partial charge >= 0.3 is 0 Å². The van der Waals surface area contributed by atoms with Gasteiger partial charge in [0, 0.05) is 29.2 Å². The van der Waals surface area contributed by atoms with Crippen LogP contribution in [0, 0.1) is 13.8 Å². The van der Waals surface area contributed by atoms with Crippen LogP contribution in [0.2, 0.25) is 0 Å². The lowest BCUT2D eigenvalue weighted by atomic mass is 10.0. The lowest BCUT2D eigenvalue weighted by molar-refractivity contribution is 1.15. The van der Waals surface area contributed by atoms with Gasteiger partial charge in [0.2, 0.25) is 0 Å². The summed E-state index contributed by atoms with van der Waals surface area (Å²) in [6.07, 6.45) is 0. The Labute approximate surface area is 189 Å². The van der Waals surface area contributed by atoms with E-state index in [1.165, 1.54) is 0 Å². The van der Waals surface area contributed by atoms with Crippen LogP contribution in [0.4, 0.5) is 11.4 Å². The third-order valence-electron chi connectivity index (χ3n) is 6.60. The van der Waals surface area contributed by atoms with Crippen molar-refractivity contribution in [2.45, 2.75) is 13.8 Å². The maximum Gasteiger partial charge on any atom is 0.199 e. The molecular weight excluding hydrogens is 410 g/mol. The van der Waals surface area contributed by atoms with Crippen molar-refractivity contribution in [2.24, 2.45) is 0 Å². The zero-order chi connectivity index (χ0) is 22.9. The van der Waals surface area contributed by atoms with Crippen LogP contribution in [0.25, 0.3) is 38.1 Å². The van der Waals surface area contributed by atoms with Crippen molar-refractivity contribution in [2.75, 3.05) is 11.9 Å². The zero-order valence-electron chi connectivity index (χ0n) is 18.6. The summed E-state index contributed by atoms with van der Waals surface area (Å²) in [4.78, 5) is 33.8. The number of hydrogen-bond acceptors (Lipinski definition) is 4. The molecule has 0 saturated heterocycles. The maximum absolute atomic E-state index is 13.7. The highest BCUT2D eigenvalue weighted by molar-refractivity contribution is 6.09. The molecule has 0 fully saturated rings. The van der Waals surface area contributed by atoms with Gasteiger partial charge in [-0.3, -0.25) is 14.6 Å². The third kappa shape index (κ3) is 2.62. The number of pyridine rings is 3. The first-order valence-corrected chi connectivity index (χ1v) is 10.9. The average molecular weight is 431 g/mol. The number of hydrogen-bond donors (Lipinski definition) is 0. The predicted octanol–water partition coefficient (Wildman–Crippen LogP) is 5.34. The summed E-state index contributed by atoms with van der Waals surface area (Å²) < 4.78 is 2.07. The maximum atomic E-state index is 13.7. The second-order valence-corrected chi connectivity index (χ2v) is 8.49. The Morgan fingerprint density at radius 2 is 1.30 bits per heavy atom. The topological polar surface area (TPSA) is 54.7 Å². The summed E-state index contributed by atoms with van der Waals surface area (Å²) in [6.45, 7) is 3.68. The molecule has 6 rings (SSSR count). The summed E-state index contributed by atoms with van der Waals surface area (Å²) in [6, 6.07) is 23.5. The third-order valence-corrected chi connectivity index (χ3v) is 6.60. The zero-order valence-corrected chi connectivity index (χ0v) is 18.6. The van der Waals surface area contributed by atoms with E-state index in [2.05, 4.69) is 14.3 Å². The molecule has 0 aliphatic rings. The van der Waals surface area contributed by atoms with Crippen molar-refractivity contribution < 1.29 is 0 Å². The second kappa shape index (κ2) is 6.87. The Bertz CT molecular complexity index is 1820. The van der Waals surface area contributed by atoms with Gasteiger partial charge in [0.05, 0.1) is 38.7 Å². The monoisotopic (exact) mass is 431 g/mol. The Morgan fingerprint density at radius 1 is 0.697 bits per heavy atom. The van der Waals surface area contributed by atoms with Crippen LogP contribution in [0.1, 0.15) is 11.4 Å². The first kappa shape index (κ1) is 19.4. The van der Waals surface area contributed by atoms with Crippen molar-refractivity contribution >= 4 is 49.5 Å². The summed E-state index contributed by atoms with van der Waals surface area (Å²) in [5.41, 5.74) is 5.32. The fraction of sp³-hybridized carbons (Fsp3) is 0.107. The lowest BCUT2D eigenvalue weighted by Crippen LogP contribution is -2.17. The van der Waals surface area contributed by atoms with E-state index in [1.54, 1.807) is 0 Å². The van der Waals surface area contributed by atoms with E-state index in [9.17, 15) is 9.59 Å². The van der Waals surface area contributed by atoms with E-state index < -0.39 is 0 Å². The molecular formula is C28H21N3O2. The standard InChI is InChI=1S/C28H21N3O2/c1-16-24-26-25(17(2)29-16)28(33)21-14-13-19(30(3)18-9-5-4-6-10-18)15-23(21)31(26)22-12-8-7-11-20(22)27(24)32/h4-15H,1-3H3. The molecule has 3 aromatic carbocycles. The average Bonchev–Trinajstić information content (AvgIpc) is 2.83. The Morgan fingerprint density at radius 3 is 2.00 bits per heavy atom. The molecule has 160 valence electrons. The molecule has 0 aliphatic carbocycles. The van der Waals surface area contributed by atoms with Crippen LogP contribution in [0.5, 0.6) is 0 Å². The Hall–Kier alpha value is -4.25. The van der Waals surface area contributed by atoms with E-state index >= 15 is 0 Å². The minimum Gasteiger partial charge on any atom is -0.345 e. The fourth-order valence-electron chi connectivity index (χ4n) is 5.01. The predicted molar refractivity (Wildman–Crippen MR) is 135 cm³/mol. The number of rotatable bonds is 2. The molecule has 0 N–H and O–H groups in total. The number of nitrogens with zero attached hydrogens (tertiary/aromatic N) is 3. The summed E-state index contributed by atoms with van der Waals surface area (Å²) in [7, 11) is 2.01. The smallest absolute Gasteiger partial charge is 0.199 e. The Balaban J connectivity index is 1.87. The highest BCUT2D eigenvalue weighted by atomic mass is 16.1. The van der Waals surface area contributed by atoms with Crippen molar-refractivity contribution in [1.29, 1.82) is 0 Å². The van der Waals surface area contributed by atoms with Crippen LogP contribution < -0.4 is 15.8 Å². The molecule has 0 bridgehead atoms. The van der Waals surface area contributed by atoms with Crippen molar-refractivity contribution in [3.8, 4) is 0 Å². The van der Waals surface area contributed by atoms with Gasteiger partial charge in [-0.15, -0.1) is 0 Å². The van der Waals surface area contributed by atoms with Gasteiger partial charge in [-0.1, -0.05) is 30.3 Å². The van der Waals surface area contributed by atoms with Gasteiger partial charge < -0.3 is 9.30 Å². The van der Waals surface area contributed by atoms with Gasteiger partial charge in [-0.05, 0) is 56.3 Å². The SMILES string of the molecule is Cc1nc(C)c2c(=O)c3ccc(N(C)c4ccccc4)cc3n3c4ccccc4c(=O)c1c23. The van der Waals surface area contributed by atoms with Gasteiger partial charge in [-0.25, -0.2) is 0 Å². The molecule has 0 amide bonds. The van der Waals surface area contributed by atoms with Gasteiger partial charge in [0.25, 0.3) is 0 Å². The van der Waals surface area contributed by atoms with Gasteiger partial charge in [-0.2, -0.15) is 0 Å². The lowest BCUT2D eigenvalue weighted by Gasteiger charge is -2.21. The molecule has 33 heavy (non-hydrogen) atoms. The second-order valence-electron chi connectivity index (χ2n) is 8.49. The minimum atomic E-state index is -0.0939. The normalized spacial score (nSPS) is 11.7. The van der Waals surface area contributed by atoms with Crippen LogP contribution >= 0.6 is 0 Å². The first-order chi connectivity index (χ1) is 16.0. The van der Waals surface area contributed by atoms with Crippen LogP contribution in [-0.4, -0.2) is 16.4 Å². The molecule has 5 heteroatoms. The highest BCUT2D eigenvalue weighted by Crippen LogP contribution is 2.32. The van der Waals surface area contributed by atoms with E-state index in [-0.39, 0.29) is 10.9 Å². The van der Waals surface area contributed by atoms with E-state index in [4.69, 9.17) is 0 Å². The summed E-state index contributed by atoms with van der Waals surface area (Å²) >= 11 is 0. The van der Waals surface area contributed by atoms with Crippen molar-refractivity contribution in [3.63, 3.8) is 0 Å². The Kier molecular flexibility index (Phi) is 4.05. The summed E-state index contributed by atoms with van der Waals surface area (Å²) in [5, 5.41) is 2.24. The number of benzene rings is 3. The molecule has 3 aromatic heterocycles. The van der Waals surface area contributed by atoms with E-state index in [0.717, 1.165) is 22.4 Å². The molecule has 3 heterocycles. The molecule has 0 atom stereocenters. The number of aryl methyl sites for hydroxylation is 2. The first-order valence-electron chi connectivity index (χ1n) is 10.9. The quantitative estimate of drug-likeness (QED) is 0.274. The highest BCUT2D eigenvalue weighted by Gasteiger charge is 2.21. The van der Waals surface area contributed by atoms with Gasteiger partial charge in [0.15, 0.2) is 10.9 Å². The number of para-hydroxylation sites is 2. The molecule has 0 saturated carbocycles. The van der Waals surface area contributed by atoms with Crippen molar-refractivity contribution in [3.05, 3.63) is 105 Å². The van der Waals surface area contributed by atoms with Crippen LogP contribution in [0.15, 0.2) is 82.4 Å². The molecule has 0 radical (unpaired) electrons. The van der Waals surface area contributed by atoms with Gasteiger partial charge in [0.1, 0.15) is 0 Å². The molecule has 5 nitrogen and oxygen atoms in total. The van der Waals surface area contributed by atoms with Crippen LogP contribution in [-0.2, 0) is 0 Å². The largest absolute Gasteiger partial charge is 0.345 e. The molecule has 0 aliphatic heterocycles. The molecule has 6 aromatic rings. The molecule has 0 spiro atoms. The minimum absolute atomic E-state index is 0.0862. The summed E-state index contributed by atoms with van der Waals surface area (Å²) in [5.74, 6) is 0. The van der Waals surface area contributed by atoms with Crippen molar-refractivity contribution in [1.82, 2.24) is 9.38 Å². The molecule has 0 unspecified atom stereocenters. The van der Waals surface area contributed by atoms with E-state index in [1.807, 2.05) is 93.7 Å². The fourth-order valence-corrected chi connectivity index (χ4v) is 5.01. The van der Waals surface area contributed by atoms with Crippen LogP contribution in [0.3, 0.4) is 0 Å². The number of fused-ring (bicyclic) bond motifs is 4. The number of aromatic nitrogens is 2. The number of anilines is 2. The van der Waals surface area contributed by atoms with E-state index in [0.29, 0.717) is 38.4 Å².